The van der Waals surface area contributed by atoms with Crippen LogP contribution in [0.1, 0.15) is 33.8 Å². The van der Waals surface area contributed by atoms with Crippen LogP contribution in [0.2, 0.25) is 0 Å². The number of nitrogens with two attached hydrogens (primary N) is 1. The lowest BCUT2D eigenvalue weighted by molar-refractivity contribution is -0.137. The lowest BCUT2D eigenvalue weighted by Gasteiger charge is -2.31. The van der Waals surface area contributed by atoms with Crippen LogP contribution in [0.5, 0.6) is 0 Å². The van der Waals surface area contributed by atoms with Crippen molar-refractivity contribution in [1.82, 2.24) is 9.55 Å². The highest BCUT2D eigenvalue weighted by molar-refractivity contribution is 5.43. The first-order valence-electron chi connectivity index (χ1n) is 10.3. The minimum atomic E-state index is -4.45. The van der Waals surface area contributed by atoms with Crippen molar-refractivity contribution >= 4 is 0 Å². The SMILES string of the molecule is Cc1ccc(C)n1-c1ccc(C(N)(Cc2ccccc2)c2cccc(C(F)(F)F)c2)nc1. The van der Waals surface area contributed by atoms with Gasteiger partial charge in [-0.3, -0.25) is 4.98 Å². The van der Waals surface area contributed by atoms with Gasteiger partial charge in [0.15, 0.2) is 0 Å². The van der Waals surface area contributed by atoms with Gasteiger partial charge < -0.3 is 10.3 Å². The van der Waals surface area contributed by atoms with Gasteiger partial charge in [-0.1, -0.05) is 42.5 Å². The molecule has 0 saturated carbocycles. The number of pyridine rings is 1. The van der Waals surface area contributed by atoms with Crippen LogP contribution in [0, 0.1) is 13.8 Å². The Morgan fingerprint density at radius 1 is 0.812 bits per heavy atom. The number of hydrogen-bond acceptors (Lipinski definition) is 2. The van der Waals surface area contributed by atoms with Crippen LogP contribution in [-0.4, -0.2) is 9.55 Å². The Balaban J connectivity index is 1.81. The van der Waals surface area contributed by atoms with Crippen molar-refractivity contribution in [1.29, 1.82) is 0 Å². The normalized spacial score (nSPS) is 13.7. The molecule has 0 saturated heterocycles. The quantitative estimate of drug-likeness (QED) is 0.421. The van der Waals surface area contributed by atoms with E-state index < -0.39 is 17.3 Å². The number of halogens is 3. The molecule has 0 bridgehead atoms. The van der Waals surface area contributed by atoms with Gasteiger partial charge in [0, 0.05) is 17.8 Å². The highest BCUT2D eigenvalue weighted by atomic mass is 19.4. The second-order valence-electron chi connectivity index (χ2n) is 8.07. The van der Waals surface area contributed by atoms with E-state index in [1.807, 2.05) is 62.4 Å². The molecule has 32 heavy (non-hydrogen) atoms. The summed E-state index contributed by atoms with van der Waals surface area (Å²) in [6, 6.07) is 22.4. The van der Waals surface area contributed by atoms with Crippen molar-refractivity contribution in [2.24, 2.45) is 5.73 Å². The maximum atomic E-state index is 13.4. The average Bonchev–Trinajstić information content (AvgIpc) is 3.12. The molecule has 2 aromatic heterocycles. The van der Waals surface area contributed by atoms with Crippen molar-refractivity contribution in [2.45, 2.75) is 32.0 Å². The minimum Gasteiger partial charge on any atom is -0.317 e. The molecule has 0 radical (unpaired) electrons. The largest absolute Gasteiger partial charge is 0.416 e. The zero-order valence-electron chi connectivity index (χ0n) is 17.9. The summed E-state index contributed by atoms with van der Waals surface area (Å²) in [5.74, 6) is 0. The van der Waals surface area contributed by atoms with E-state index in [2.05, 4.69) is 9.55 Å². The number of rotatable bonds is 5. The molecule has 0 aliphatic heterocycles. The maximum Gasteiger partial charge on any atom is 0.416 e. The Hall–Kier alpha value is -3.38. The van der Waals surface area contributed by atoms with Crippen molar-refractivity contribution in [3.05, 3.63) is 119 Å². The molecule has 2 heterocycles. The van der Waals surface area contributed by atoms with Gasteiger partial charge in [0.2, 0.25) is 0 Å². The highest BCUT2D eigenvalue weighted by Gasteiger charge is 2.36. The molecular weight excluding hydrogens is 411 g/mol. The molecular formula is C26H24F3N3. The van der Waals surface area contributed by atoms with E-state index in [1.165, 1.54) is 6.07 Å². The number of benzene rings is 2. The van der Waals surface area contributed by atoms with Gasteiger partial charge in [-0.05, 0) is 61.4 Å². The van der Waals surface area contributed by atoms with Crippen LogP contribution in [-0.2, 0) is 18.1 Å². The van der Waals surface area contributed by atoms with Crippen molar-refractivity contribution in [3.8, 4) is 5.69 Å². The molecule has 2 aromatic carbocycles. The Morgan fingerprint density at radius 2 is 1.47 bits per heavy atom. The predicted octanol–water partition coefficient (Wildman–Crippen LogP) is 5.95. The first-order valence-corrected chi connectivity index (χ1v) is 10.3. The molecule has 2 N–H and O–H groups in total. The van der Waals surface area contributed by atoms with E-state index in [1.54, 1.807) is 18.3 Å². The number of alkyl halides is 3. The number of aromatic nitrogens is 2. The summed E-state index contributed by atoms with van der Waals surface area (Å²) in [5.41, 5.74) is 9.71. The molecule has 0 amide bonds. The average molecular weight is 435 g/mol. The van der Waals surface area contributed by atoms with Crippen LogP contribution in [0.15, 0.2) is 85.1 Å². The molecule has 3 nitrogen and oxygen atoms in total. The van der Waals surface area contributed by atoms with Gasteiger partial charge in [-0.2, -0.15) is 13.2 Å². The number of nitrogens with zero attached hydrogens (tertiary/aromatic N) is 2. The van der Waals surface area contributed by atoms with E-state index in [0.717, 1.165) is 34.8 Å². The Bertz CT molecular complexity index is 1190. The van der Waals surface area contributed by atoms with Crippen molar-refractivity contribution in [3.63, 3.8) is 0 Å². The zero-order chi connectivity index (χ0) is 22.9. The van der Waals surface area contributed by atoms with Gasteiger partial charge in [0.1, 0.15) is 0 Å². The Kier molecular flexibility index (Phi) is 5.65. The molecule has 0 aliphatic carbocycles. The Labute approximate surface area is 185 Å². The van der Waals surface area contributed by atoms with E-state index in [9.17, 15) is 13.2 Å². The zero-order valence-corrected chi connectivity index (χ0v) is 17.9. The molecule has 4 aromatic rings. The first-order chi connectivity index (χ1) is 15.2. The van der Waals surface area contributed by atoms with E-state index in [0.29, 0.717) is 17.7 Å². The topological polar surface area (TPSA) is 43.8 Å². The second-order valence-corrected chi connectivity index (χ2v) is 8.07. The van der Waals surface area contributed by atoms with Crippen LogP contribution in [0.3, 0.4) is 0 Å². The van der Waals surface area contributed by atoms with Crippen LogP contribution in [0.4, 0.5) is 13.2 Å². The molecule has 0 spiro atoms. The van der Waals surface area contributed by atoms with Gasteiger partial charge in [-0.15, -0.1) is 0 Å². The van der Waals surface area contributed by atoms with Crippen molar-refractivity contribution in [2.75, 3.05) is 0 Å². The molecule has 0 fully saturated rings. The minimum absolute atomic E-state index is 0.309. The van der Waals surface area contributed by atoms with Gasteiger partial charge in [0.05, 0.1) is 28.7 Å². The summed E-state index contributed by atoms with van der Waals surface area (Å²) >= 11 is 0. The summed E-state index contributed by atoms with van der Waals surface area (Å²) in [4.78, 5) is 4.63. The smallest absolute Gasteiger partial charge is 0.317 e. The maximum absolute atomic E-state index is 13.4. The van der Waals surface area contributed by atoms with Crippen LogP contribution >= 0.6 is 0 Å². The van der Waals surface area contributed by atoms with Gasteiger partial charge in [0.25, 0.3) is 0 Å². The van der Waals surface area contributed by atoms with E-state index >= 15 is 0 Å². The lowest BCUT2D eigenvalue weighted by atomic mass is 9.81. The molecule has 164 valence electrons. The lowest BCUT2D eigenvalue weighted by Crippen LogP contribution is -2.41. The fourth-order valence-corrected chi connectivity index (χ4v) is 4.09. The fraction of sp³-hybridized carbons (Fsp3) is 0.192. The molecule has 0 aliphatic rings. The van der Waals surface area contributed by atoms with E-state index in [4.69, 9.17) is 5.73 Å². The highest BCUT2D eigenvalue weighted by Crippen LogP contribution is 2.35. The van der Waals surface area contributed by atoms with Crippen LogP contribution in [0.25, 0.3) is 5.69 Å². The fourth-order valence-electron chi connectivity index (χ4n) is 4.09. The summed E-state index contributed by atoms with van der Waals surface area (Å²) in [7, 11) is 0. The third-order valence-corrected chi connectivity index (χ3v) is 5.77. The standard InChI is InChI=1S/C26H24F3N3/c1-18-11-12-19(2)32(18)23-13-14-24(31-17-23)25(30,16-20-7-4-3-5-8-20)21-9-6-10-22(15-21)26(27,28)29/h3-15,17H,16,30H2,1-2H3. The monoisotopic (exact) mass is 435 g/mol. The summed E-state index contributed by atoms with van der Waals surface area (Å²) in [6.07, 6.45) is -2.43. The summed E-state index contributed by atoms with van der Waals surface area (Å²) in [5, 5.41) is 0. The molecule has 1 atom stereocenters. The number of hydrogen-bond donors (Lipinski definition) is 1. The predicted molar refractivity (Wildman–Crippen MR) is 120 cm³/mol. The van der Waals surface area contributed by atoms with Crippen LogP contribution < -0.4 is 5.73 Å². The first kappa shape index (κ1) is 21.8. The third-order valence-electron chi connectivity index (χ3n) is 5.77. The third kappa shape index (κ3) is 4.18. The molecule has 1 unspecified atom stereocenters. The van der Waals surface area contributed by atoms with E-state index in [-0.39, 0.29) is 0 Å². The van der Waals surface area contributed by atoms with Crippen molar-refractivity contribution < 1.29 is 13.2 Å². The van der Waals surface area contributed by atoms with Gasteiger partial charge >= 0.3 is 6.18 Å². The number of aryl methyl sites for hydroxylation is 2. The van der Waals surface area contributed by atoms with Gasteiger partial charge in [-0.25, -0.2) is 0 Å². The summed E-state index contributed by atoms with van der Waals surface area (Å²) < 4.78 is 42.3. The molecule has 6 heteroatoms. The second kappa shape index (κ2) is 8.28. The Morgan fingerprint density at radius 3 is 2.06 bits per heavy atom. The summed E-state index contributed by atoms with van der Waals surface area (Å²) in [6.45, 7) is 4.01. The molecule has 4 rings (SSSR count).